The summed E-state index contributed by atoms with van der Waals surface area (Å²) in [7, 11) is 0. The molecule has 1 amide bonds. The zero-order valence-corrected chi connectivity index (χ0v) is 13.0. The van der Waals surface area contributed by atoms with Gasteiger partial charge in [0.25, 0.3) is 5.91 Å². The smallest absolute Gasteiger partial charge is 0.252 e. The molecule has 2 rings (SSSR count). The number of carbonyl (C=O) groups excluding carboxylic acids is 1. The van der Waals surface area contributed by atoms with E-state index in [1.54, 1.807) is 23.9 Å². The lowest BCUT2D eigenvalue weighted by atomic mass is 10.1. The van der Waals surface area contributed by atoms with Crippen molar-refractivity contribution in [2.45, 2.75) is 26.3 Å². The number of hydrogen-bond acceptors (Lipinski definition) is 5. The van der Waals surface area contributed by atoms with E-state index in [4.69, 9.17) is 5.73 Å². The fraction of sp³-hybridized carbons (Fsp3) is 0.357. The lowest BCUT2D eigenvalue weighted by molar-refractivity contribution is 0.0997. The molecule has 0 fully saturated rings. The van der Waals surface area contributed by atoms with Crippen LogP contribution in [0.3, 0.4) is 0 Å². The number of thioether (sulfide) groups is 1. The first kappa shape index (κ1) is 15.4. The third-order valence-electron chi connectivity index (χ3n) is 2.66. The lowest BCUT2D eigenvalue weighted by Crippen LogP contribution is -2.28. The number of phenols is 1. The van der Waals surface area contributed by atoms with Crippen molar-refractivity contribution in [2.24, 2.45) is 15.8 Å². The van der Waals surface area contributed by atoms with Gasteiger partial charge in [-0.15, -0.1) is 0 Å². The molecule has 1 aromatic rings. The van der Waals surface area contributed by atoms with Crippen LogP contribution in [0.25, 0.3) is 0 Å². The summed E-state index contributed by atoms with van der Waals surface area (Å²) < 4.78 is 0. The molecule has 0 unspecified atom stereocenters. The van der Waals surface area contributed by atoms with Gasteiger partial charge < -0.3 is 10.8 Å². The maximum absolute atomic E-state index is 11.2. The summed E-state index contributed by atoms with van der Waals surface area (Å²) in [6, 6.07) is 4.70. The van der Waals surface area contributed by atoms with Gasteiger partial charge in [0.2, 0.25) is 0 Å². The SMILES string of the molecule is CC(C)(C)N=C1NN=C(c2ccc(O)c(C(N)=O)c2)CS1. The Morgan fingerprint density at radius 3 is 2.71 bits per heavy atom. The van der Waals surface area contributed by atoms with Gasteiger partial charge in [0.1, 0.15) is 5.75 Å². The van der Waals surface area contributed by atoms with Gasteiger partial charge in [0.05, 0.1) is 16.8 Å². The van der Waals surface area contributed by atoms with Gasteiger partial charge in [-0.25, -0.2) is 0 Å². The first-order valence-corrected chi connectivity index (χ1v) is 7.43. The molecule has 0 radical (unpaired) electrons. The molecule has 0 bridgehead atoms. The molecule has 112 valence electrons. The number of amidine groups is 1. The molecule has 0 aromatic heterocycles. The number of amides is 1. The Kier molecular flexibility index (Phi) is 4.22. The van der Waals surface area contributed by atoms with Gasteiger partial charge >= 0.3 is 0 Å². The van der Waals surface area contributed by atoms with E-state index < -0.39 is 5.91 Å². The molecule has 4 N–H and O–H groups in total. The van der Waals surface area contributed by atoms with Gasteiger partial charge in [0, 0.05) is 5.75 Å². The Bertz CT molecular complexity index is 632. The number of aliphatic imine (C=N–C) groups is 1. The van der Waals surface area contributed by atoms with Crippen LogP contribution < -0.4 is 11.2 Å². The van der Waals surface area contributed by atoms with Crippen molar-refractivity contribution in [3.8, 4) is 5.75 Å². The second-order valence-electron chi connectivity index (χ2n) is 5.64. The average molecular weight is 306 g/mol. The molecular formula is C14H18N4O2S. The fourth-order valence-corrected chi connectivity index (χ4v) is 2.69. The van der Waals surface area contributed by atoms with Crippen LogP contribution in [0.5, 0.6) is 5.75 Å². The number of nitrogens with one attached hydrogen (secondary N) is 1. The summed E-state index contributed by atoms with van der Waals surface area (Å²) in [6.45, 7) is 6.04. The van der Waals surface area contributed by atoms with Crippen molar-refractivity contribution in [3.63, 3.8) is 0 Å². The highest BCUT2D eigenvalue weighted by Gasteiger charge is 2.18. The monoisotopic (exact) mass is 306 g/mol. The Morgan fingerprint density at radius 1 is 1.48 bits per heavy atom. The first-order valence-electron chi connectivity index (χ1n) is 6.45. The molecule has 0 spiro atoms. The predicted octanol–water partition coefficient (Wildman–Crippen LogP) is 1.69. The normalized spacial score (nSPS) is 17.3. The largest absolute Gasteiger partial charge is 0.507 e. The van der Waals surface area contributed by atoms with Gasteiger partial charge in [0.15, 0.2) is 5.17 Å². The molecule has 1 aliphatic heterocycles. The zero-order chi connectivity index (χ0) is 15.6. The Hall–Kier alpha value is -2.02. The number of carbonyl (C=O) groups is 1. The number of rotatable bonds is 2. The van der Waals surface area contributed by atoms with Crippen LogP contribution in [0.4, 0.5) is 0 Å². The number of aromatic hydroxyl groups is 1. The second kappa shape index (κ2) is 5.77. The summed E-state index contributed by atoms with van der Waals surface area (Å²) >= 11 is 1.54. The van der Waals surface area contributed by atoms with E-state index >= 15 is 0 Å². The number of hydrazone groups is 1. The third-order valence-corrected chi connectivity index (χ3v) is 3.54. The molecule has 1 aliphatic rings. The Balaban J connectivity index is 2.24. The van der Waals surface area contributed by atoms with Crippen molar-refractivity contribution in [2.75, 3.05) is 5.75 Å². The molecule has 7 heteroatoms. The van der Waals surface area contributed by atoms with Gasteiger partial charge in [-0.2, -0.15) is 5.10 Å². The minimum atomic E-state index is -0.665. The standard InChI is InChI=1S/C14H18N4O2S/c1-14(2,3)16-13-18-17-10(7-21-13)8-4-5-11(19)9(6-8)12(15)20/h4-6,19H,7H2,1-3H3,(H2,15,20)(H,16,18). The minimum Gasteiger partial charge on any atom is -0.507 e. The Labute approximate surface area is 127 Å². The molecule has 1 aromatic carbocycles. The van der Waals surface area contributed by atoms with Gasteiger partial charge in [-0.05, 0) is 44.5 Å². The van der Waals surface area contributed by atoms with Crippen molar-refractivity contribution in [1.29, 1.82) is 0 Å². The molecule has 0 saturated carbocycles. The Morgan fingerprint density at radius 2 is 2.19 bits per heavy atom. The molecule has 0 aliphatic carbocycles. The van der Waals surface area contributed by atoms with Crippen LogP contribution >= 0.6 is 11.8 Å². The minimum absolute atomic E-state index is 0.0920. The highest BCUT2D eigenvalue weighted by molar-refractivity contribution is 8.14. The average Bonchev–Trinajstić information content (AvgIpc) is 2.38. The number of benzene rings is 1. The molecule has 6 nitrogen and oxygen atoms in total. The highest BCUT2D eigenvalue weighted by atomic mass is 32.2. The van der Waals surface area contributed by atoms with Crippen LogP contribution in [-0.2, 0) is 0 Å². The summed E-state index contributed by atoms with van der Waals surface area (Å²) in [5.74, 6) is -0.162. The zero-order valence-electron chi connectivity index (χ0n) is 12.2. The topological polar surface area (TPSA) is 100 Å². The molecule has 0 atom stereocenters. The van der Waals surface area contributed by atoms with E-state index in [1.165, 1.54) is 6.07 Å². The van der Waals surface area contributed by atoms with E-state index in [9.17, 15) is 9.90 Å². The highest BCUT2D eigenvalue weighted by Crippen LogP contribution is 2.21. The second-order valence-corrected chi connectivity index (χ2v) is 6.61. The summed E-state index contributed by atoms with van der Waals surface area (Å²) in [4.78, 5) is 15.8. The quantitative estimate of drug-likeness (QED) is 0.774. The van der Waals surface area contributed by atoms with Gasteiger partial charge in [-0.1, -0.05) is 11.8 Å². The molecule has 0 saturated heterocycles. The van der Waals surface area contributed by atoms with E-state index in [0.717, 1.165) is 16.4 Å². The lowest BCUT2D eigenvalue weighted by Gasteiger charge is -2.19. The van der Waals surface area contributed by atoms with E-state index in [-0.39, 0.29) is 16.9 Å². The van der Waals surface area contributed by atoms with Crippen LogP contribution in [0, 0.1) is 0 Å². The maximum atomic E-state index is 11.2. The number of nitrogens with two attached hydrogens (primary N) is 1. The van der Waals surface area contributed by atoms with Crippen LogP contribution in [0.1, 0.15) is 36.7 Å². The van der Waals surface area contributed by atoms with Crippen LogP contribution in [-0.4, -0.2) is 33.2 Å². The predicted molar refractivity (Wildman–Crippen MR) is 85.9 cm³/mol. The number of hydrogen-bond donors (Lipinski definition) is 3. The van der Waals surface area contributed by atoms with Gasteiger partial charge in [-0.3, -0.25) is 15.2 Å². The molecule has 1 heterocycles. The van der Waals surface area contributed by atoms with Crippen LogP contribution in [0.2, 0.25) is 0 Å². The van der Waals surface area contributed by atoms with Crippen molar-refractivity contribution < 1.29 is 9.90 Å². The molecule has 21 heavy (non-hydrogen) atoms. The fourth-order valence-electron chi connectivity index (χ4n) is 1.74. The van der Waals surface area contributed by atoms with Crippen LogP contribution in [0.15, 0.2) is 28.3 Å². The van der Waals surface area contributed by atoms with E-state index in [0.29, 0.717) is 5.75 Å². The van der Waals surface area contributed by atoms with Crippen molar-refractivity contribution >= 4 is 28.5 Å². The van der Waals surface area contributed by atoms with E-state index in [2.05, 4.69) is 15.5 Å². The number of nitrogens with zero attached hydrogens (tertiary/aromatic N) is 2. The molecular weight excluding hydrogens is 288 g/mol. The number of primary amides is 1. The van der Waals surface area contributed by atoms with E-state index in [1.807, 2.05) is 20.8 Å². The summed E-state index contributed by atoms with van der Waals surface area (Å²) in [5.41, 5.74) is 9.58. The van der Waals surface area contributed by atoms with Crippen molar-refractivity contribution in [1.82, 2.24) is 5.43 Å². The summed E-state index contributed by atoms with van der Waals surface area (Å²) in [6.07, 6.45) is 0. The first-order chi connectivity index (χ1) is 9.76. The third kappa shape index (κ3) is 3.98. The maximum Gasteiger partial charge on any atom is 0.252 e. The summed E-state index contributed by atoms with van der Waals surface area (Å²) in [5, 5.41) is 14.6. The van der Waals surface area contributed by atoms with Crippen molar-refractivity contribution in [3.05, 3.63) is 29.3 Å².